The summed E-state index contributed by atoms with van der Waals surface area (Å²) in [4.78, 5) is 21.9. The molecule has 0 fully saturated rings. The molecule has 0 aliphatic heterocycles. The van der Waals surface area contributed by atoms with E-state index >= 15 is 0 Å². The number of rotatable bonds is 4. The average Bonchev–Trinajstić information content (AvgIpc) is 2.89. The van der Waals surface area contributed by atoms with Gasteiger partial charge in [0.25, 0.3) is 11.6 Å². The van der Waals surface area contributed by atoms with Gasteiger partial charge in [0, 0.05) is 23.7 Å². The van der Waals surface area contributed by atoms with E-state index in [0.717, 1.165) is 11.6 Å². The minimum atomic E-state index is -0.630. The number of nitro benzene ring substituents is 1. The van der Waals surface area contributed by atoms with Gasteiger partial charge in [-0.2, -0.15) is 0 Å². The van der Waals surface area contributed by atoms with Crippen molar-refractivity contribution in [3.63, 3.8) is 0 Å². The van der Waals surface area contributed by atoms with Crippen molar-refractivity contribution in [2.45, 2.75) is 6.54 Å². The third-order valence-electron chi connectivity index (χ3n) is 2.44. The van der Waals surface area contributed by atoms with Crippen molar-refractivity contribution >= 4 is 23.2 Å². The molecular formula is C12H9ClN2O4. The molecule has 1 heterocycles. The molecule has 0 aliphatic rings. The number of nitrogens with zero attached hydrogens (tertiary/aromatic N) is 1. The fourth-order valence-electron chi connectivity index (χ4n) is 1.47. The van der Waals surface area contributed by atoms with Crippen LogP contribution in [0.25, 0.3) is 0 Å². The molecule has 1 aromatic heterocycles. The topological polar surface area (TPSA) is 85.4 Å². The van der Waals surface area contributed by atoms with Crippen LogP contribution < -0.4 is 5.32 Å². The van der Waals surface area contributed by atoms with Crippen molar-refractivity contribution in [2.24, 2.45) is 0 Å². The molecule has 6 nitrogen and oxygen atoms in total. The molecule has 2 rings (SSSR count). The van der Waals surface area contributed by atoms with Gasteiger partial charge in [-0.1, -0.05) is 11.6 Å². The molecular weight excluding hydrogens is 272 g/mol. The van der Waals surface area contributed by atoms with Gasteiger partial charge in [-0.15, -0.1) is 0 Å². The standard InChI is InChI=1S/C12H9ClN2O4/c13-10-2-1-9(5-11(10)15(17)18)12(16)14-6-8-3-4-19-7-8/h1-5,7H,6H2,(H,14,16). The summed E-state index contributed by atoms with van der Waals surface area (Å²) in [5.74, 6) is -0.416. The van der Waals surface area contributed by atoms with E-state index in [9.17, 15) is 14.9 Å². The molecule has 0 bridgehead atoms. The molecule has 1 amide bonds. The van der Waals surface area contributed by atoms with E-state index in [1.807, 2.05) is 0 Å². The molecule has 0 saturated carbocycles. The van der Waals surface area contributed by atoms with Crippen LogP contribution in [0, 0.1) is 10.1 Å². The maximum Gasteiger partial charge on any atom is 0.288 e. The van der Waals surface area contributed by atoms with Gasteiger partial charge in [0.05, 0.1) is 17.4 Å². The first kappa shape index (κ1) is 13.1. The van der Waals surface area contributed by atoms with Gasteiger partial charge in [0.2, 0.25) is 0 Å². The first-order valence-corrected chi connectivity index (χ1v) is 5.69. The molecule has 2 aromatic rings. The highest BCUT2D eigenvalue weighted by Gasteiger charge is 2.16. The predicted molar refractivity (Wildman–Crippen MR) is 68.0 cm³/mol. The van der Waals surface area contributed by atoms with E-state index in [0.29, 0.717) is 0 Å². The van der Waals surface area contributed by atoms with E-state index in [1.165, 1.54) is 24.7 Å². The van der Waals surface area contributed by atoms with Gasteiger partial charge in [0.15, 0.2) is 0 Å². The molecule has 0 atom stereocenters. The summed E-state index contributed by atoms with van der Waals surface area (Å²) in [7, 11) is 0. The van der Waals surface area contributed by atoms with Crippen LogP contribution >= 0.6 is 11.6 Å². The highest BCUT2D eigenvalue weighted by Crippen LogP contribution is 2.24. The fraction of sp³-hybridized carbons (Fsp3) is 0.0833. The molecule has 19 heavy (non-hydrogen) atoms. The maximum atomic E-state index is 11.8. The number of hydrogen-bond donors (Lipinski definition) is 1. The van der Waals surface area contributed by atoms with Crippen LogP contribution in [-0.4, -0.2) is 10.8 Å². The number of halogens is 1. The van der Waals surface area contributed by atoms with Gasteiger partial charge in [-0.25, -0.2) is 0 Å². The lowest BCUT2D eigenvalue weighted by Gasteiger charge is -2.04. The lowest BCUT2D eigenvalue weighted by Crippen LogP contribution is -2.22. The minimum absolute atomic E-state index is 0.00335. The largest absolute Gasteiger partial charge is 0.472 e. The Morgan fingerprint density at radius 3 is 2.84 bits per heavy atom. The number of hydrogen-bond acceptors (Lipinski definition) is 4. The monoisotopic (exact) mass is 280 g/mol. The fourth-order valence-corrected chi connectivity index (χ4v) is 1.66. The van der Waals surface area contributed by atoms with E-state index in [1.54, 1.807) is 6.07 Å². The summed E-state index contributed by atoms with van der Waals surface area (Å²) in [5, 5.41) is 13.3. The van der Waals surface area contributed by atoms with Crippen LogP contribution in [0.5, 0.6) is 0 Å². The maximum absolute atomic E-state index is 11.8. The SMILES string of the molecule is O=C(NCc1ccoc1)c1ccc(Cl)c([N+](=O)[O-])c1. The number of carbonyl (C=O) groups excluding carboxylic acids is 1. The van der Waals surface area contributed by atoms with Crippen LogP contribution in [-0.2, 0) is 6.54 Å². The van der Waals surface area contributed by atoms with E-state index < -0.39 is 10.8 Å². The number of carbonyl (C=O) groups is 1. The zero-order chi connectivity index (χ0) is 13.8. The molecule has 0 unspecified atom stereocenters. The number of amides is 1. The third kappa shape index (κ3) is 3.11. The van der Waals surface area contributed by atoms with Crippen LogP contribution in [0.4, 0.5) is 5.69 Å². The average molecular weight is 281 g/mol. The van der Waals surface area contributed by atoms with E-state index in [-0.39, 0.29) is 22.8 Å². The summed E-state index contributed by atoms with van der Waals surface area (Å²) in [6, 6.07) is 5.62. The number of furan rings is 1. The molecule has 1 N–H and O–H groups in total. The summed E-state index contributed by atoms with van der Waals surface area (Å²) in [6.45, 7) is 0.283. The van der Waals surface area contributed by atoms with Gasteiger partial charge in [0.1, 0.15) is 5.02 Å². The van der Waals surface area contributed by atoms with Crippen molar-refractivity contribution in [3.05, 3.63) is 63.1 Å². The second-order valence-electron chi connectivity index (χ2n) is 3.74. The quantitative estimate of drug-likeness (QED) is 0.689. The number of benzene rings is 1. The summed E-state index contributed by atoms with van der Waals surface area (Å²) >= 11 is 5.67. The Balaban J connectivity index is 2.11. The Morgan fingerprint density at radius 1 is 1.42 bits per heavy atom. The van der Waals surface area contributed by atoms with Crippen molar-refractivity contribution in [3.8, 4) is 0 Å². The van der Waals surface area contributed by atoms with Crippen LogP contribution in [0.1, 0.15) is 15.9 Å². The van der Waals surface area contributed by atoms with E-state index in [2.05, 4.69) is 5.32 Å². The van der Waals surface area contributed by atoms with Crippen molar-refractivity contribution < 1.29 is 14.1 Å². The second kappa shape index (κ2) is 5.53. The zero-order valence-electron chi connectivity index (χ0n) is 9.63. The minimum Gasteiger partial charge on any atom is -0.472 e. The Hall–Kier alpha value is -2.34. The van der Waals surface area contributed by atoms with Crippen LogP contribution in [0.15, 0.2) is 41.2 Å². The predicted octanol–water partition coefficient (Wildman–Crippen LogP) is 2.77. The van der Waals surface area contributed by atoms with Gasteiger partial charge >= 0.3 is 0 Å². The Bertz CT molecular complexity index is 610. The van der Waals surface area contributed by atoms with Crippen LogP contribution in [0.3, 0.4) is 0 Å². The third-order valence-corrected chi connectivity index (χ3v) is 2.76. The molecule has 1 aromatic carbocycles. The summed E-state index contributed by atoms with van der Waals surface area (Å²) < 4.78 is 4.86. The number of nitrogens with one attached hydrogen (secondary N) is 1. The Kier molecular flexibility index (Phi) is 3.82. The molecule has 0 radical (unpaired) electrons. The first-order chi connectivity index (χ1) is 9.08. The molecule has 0 aliphatic carbocycles. The lowest BCUT2D eigenvalue weighted by atomic mass is 10.2. The molecule has 0 spiro atoms. The molecule has 98 valence electrons. The van der Waals surface area contributed by atoms with E-state index in [4.69, 9.17) is 16.0 Å². The molecule has 7 heteroatoms. The van der Waals surface area contributed by atoms with Crippen LogP contribution in [0.2, 0.25) is 5.02 Å². The smallest absolute Gasteiger partial charge is 0.288 e. The Morgan fingerprint density at radius 2 is 2.21 bits per heavy atom. The lowest BCUT2D eigenvalue weighted by molar-refractivity contribution is -0.384. The van der Waals surface area contributed by atoms with Gasteiger partial charge in [-0.3, -0.25) is 14.9 Å². The normalized spacial score (nSPS) is 10.2. The van der Waals surface area contributed by atoms with Crippen molar-refractivity contribution in [1.29, 1.82) is 0 Å². The molecule has 0 saturated heterocycles. The second-order valence-corrected chi connectivity index (χ2v) is 4.14. The zero-order valence-corrected chi connectivity index (χ0v) is 10.4. The highest BCUT2D eigenvalue weighted by atomic mass is 35.5. The summed E-state index contributed by atoms with van der Waals surface area (Å²) in [5.41, 5.74) is 0.689. The highest BCUT2D eigenvalue weighted by molar-refractivity contribution is 6.32. The van der Waals surface area contributed by atoms with Crippen molar-refractivity contribution in [1.82, 2.24) is 5.32 Å². The summed E-state index contributed by atoms with van der Waals surface area (Å²) in [6.07, 6.45) is 3.00. The number of nitro groups is 1. The van der Waals surface area contributed by atoms with Gasteiger partial charge < -0.3 is 9.73 Å². The van der Waals surface area contributed by atoms with Gasteiger partial charge in [-0.05, 0) is 18.2 Å². The first-order valence-electron chi connectivity index (χ1n) is 5.31. The van der Waals surface area contributed by atoms with Crippen molar-refractivity contribution in [2.75, 3.05) is 0 Å². The Labute approximate surface area is 113 Å².